The van der Waals surface area contributed by atoms with E-state index < -0.39 is 30.7 Å². The first-order valence-electron chi connectivity index (χ1n) is 4.83. The van der Waals surface area contributed by atoms with E-state index in [0.717, 1.165) is 11.8 Å². The number of thioether (sulfide) groups is 1. The van der Waals surface area contributed by atoms with Gasteiger partial charge in [0.2, 0.25) is 0 Å². The number of aliphatic hydroxyl groups is 3. The fraction of sp³-hybridized carbons (Fsp3) is 0.889. The highest BCUT2D eigenvalue weighted by Crippen LogP contribution is 2.24. The SMILES string of the molecule is CO[C@H]1OC(CSC(C)=O)[C@H](O)[C@H](O)C1O. The second-order valence-corrected chi connectivity index (χ2v) is 4.75. The molecule has 5 atom stereocenters. The molecule has 0 amide bonds. The van der Waals surface area contributed by atoms with Gasteiger partial charge in [0.1, 0.15) is 18.3 Å². The van der Waals surface area contributed by atoms with Crippen LogP contribution in [0.2, 0.25) is 0 Å². The summed E-state index contributed by atoms with van der Waals surface area (Å²) in [4.78, 5) is 10.8. The topological polar surface area (TPSA) is 96.2 Å². The van der Waals surface area contributed by atoms with E-state index in [2.05, 4.69) is 0 Å². The van der Waals surface area contributed by atoms with Crippen LogP contribution in [-0.2, 0) is 14.3 Å². The van der Waals surface area contributed by atoms with E-state index in [-0.39, 0.29) is 10.9 Å². The van der Waals surface area contributed by atoms with Crippen LogP contribution in [0, 0.1) is 0 Å². The van der Waals surface area contributed by atoms with Gasteiger partial charge in [-0.3, -0.25) is 4.79 Å². The summed E-state index contributed by atoms with van der Waals surface area (Å²) in [5, 5.41) is 28.5. The Hall–Kier alpha value is -0.180. The lowest BCUT2D eigenvalue weighted by atomic mass is 10.00. The Labute approximate surface area is 97.5 Å². The highest BCUT2D eigenvalue weighted by Gasteiger charge is 2.43. The molecule has 0 bridgehead atoms. The lowest BCUT2D eigenvalue weighted by molar-refractivity contribution is -0.284. The average molecular weight is 252 g/mol. The van der Waals surface area contributed by atoms with Gasteiger partial charge in [-0.1, -0.05) is 11.8 Å². The Kier molecular flexibility index (Phi) is 5.16. The molecule has 6 nitrogen and oxygen atoms in total. The van der Waals surface area contributed by atoms with Crippen LogP contribution in [0.1, 0.15) is 6.92 Å². The summed E-state index contributed by atoms with van der Waals surface area (Å²) in [7, 11) is 1.33. The Morgan fingerprint density at radius 3 is 2.44 bits per heavy atom. The van der Waals surface area contributed by atoms with Crippen LogP contribution in [0.4, 0.5) is 0 Å². The molecule has 1 rings (SSSR count). The molecule has 2 unspecified atom stereocenters. The predicted molar refractivity (Wildman–Crippen MR) is 56.8 cm³/mol. The minimum absolute atomic E-state index is 0.106. The lowest BCUT2D eigenvalue weighted by Crippen LogP contribution is -2.58. The number of aliphatic hydroxyl groups excluding tert-OH is 3. The first-order valence-corrected chi connectivity index (χ1v) is 5.81. The summed E-state index contributed by atoms with van der Waals surface area (Å²) >= 11 is 0.985. The fourth-order valence-electron chi connectivity index (χ4n) is 1.45. The third-order valence-corrected chi connectivity index (χ3v) is 3.25. The number of methoxy groups -OCH3 is 1. The normalized spacial score (nSPS) is 39.7. The van der Waals surface area contributed by atoms with Gasteiger partial charge in [-0.25, -0.2) is 0 Å². The molecule has 1 aliphatic rings. The van der Waals surface area contributed by atoms with Crippen molar-refractivity contribution >= 4 is 16.9 Å². The van der Waals surface area contributed by atoms with E-state index in [4.69, 9.17) is 9.47 Å². The van der Waals surface area contributed by atoms with E-state index in [1.165, 1.54) is 14.0 Å². The molecule has 0 saturated carbocycles. The molecule has 1 aliphatic heterocycles. The highest BCUT2D eigenvalue weighted by atomic mass is 32.2. The van der Waals surface area contributed by atoms with Crippen molar-refractivity contribution in [1.82, 2.24) is 0 Å². The Bertz CT molecular complexity index is 246. The lowest BCUT2D eigenvalue weighted by Gasteiger charge is -2.39. The average Bonchev–Trinajstić information content (AvgIpc) is 2.25. The van der Waals surface area contributed by atoms with Crippen molar-refractivity contribution in [2.75, 3.05) is 12.9 Å². The van der Waals surface area contributed by atoms with Crippen LogP contribution in [0.25, 0.3) is 0 Å². The van der Waals surface area contributed by atoms with Crippen molar-refractivity contribution in [3.63, 3.8) is 0 Å². The molecule has 16 heavy (non-hydrogen) atoms. The highest BCUT2D eigenvalue weighted by molar-refractivity contribution is 8.13. The van der Waals surface area contributed by atoms with Crippen LogP contribution in [0.3, 0.4) is 0 Å². The molecule has 0 aromatic rings. The quantitative estimate of drug-likeness (QED) is 0.575. The number of ether oxygens (including phenoxy) is 2. The summed E-state index contributed by atoms with van der Waals surface area (Å²) in [5.41, 5.74) is 0. The van der Waals surface area contributed by atoms with Crippen molar-refractivity contribution in [1.29, 1.82) is 0 Å². The molecule has 7 heteroatoms. The van der Waals surface area contributed by atoms with Crippen LogP contribution in [0.15, 0.2) is 0 Å². The third kappa shape index (κ3) is 3.16. The molecule has 3 N–H and O–H groups in total. The molecule has 1 fully saturated rings. The summed E-state index contributed by atoms with van der Waals surface area (Å²) in [6, 6.07) is 0. The number of rotatable bonds is 3. The maximum absolute atomic E-state index is 10.8. The molecule has 0 spiro atoms. The van der Waals surface area contributed by atoms with Crippen LogP contribution in [-0.4, -0.2) is 64.0 Å². The summed E-state index contributed by atoms with van der Waals surface area (Å²) < 4.78 is 10.0. The van der Waals surface area contributed by atoms with Gasteiger partial charge in [0.25, 0.3) is 0 Å². The van der Waals surface area contributed by atoms with Gasteiger partial charge in [-0.2, -0.15) is 0 Å². The zero-order valence-corrected chi connectivity index (χ0v) is 9.88. The first-order chi connectivity index (χ1) is 7.47. The van der Waals surface area contributed by atoms with E-state index in [0.29, 0.717) is 0 Å². The molecular weight excluding hydrogens is 236 g/mol. The van der Waals surface area contributed by atoms with E-state index in [1.807, 2.05) is 0 Å². The first kappa shape index (κ1) is 13.9. The predicted octanol–water partition coefficient (Wildman–Crippen LogP) is -1.28. The number of carbonyl (C=O) groups is 1. The zero-order chi connectivity index (χ0) is 12.3. The van der Waals surface area contributed by atoms with Crippen LogP contribution >= 0.6 is 11.8 Å². The third-order valence-electron chi connectivity index (χ3n) is 2.35. The van der Waals surface area contributed by atoms with Gasteiger partial charge < -0.3 is 24.8 Å². The summed E-state index contributed by atoms with van der Waals surface area (Å²) in [6.45, 7) is 1.40. The molecule has 0 aromatic heterocycles. The van der Waals surface area contributed by atoms with Gasteiger partial charge in [0, 0.05) is 19.8 Å². The van der Waals surface area contributed by atoms with Gasteiger partial charge >= 0.3 is 0 Å². The van der Waals surface area contributed by atoms with Crippen molar-refractivity contribution < 1.29 is 29.6 Å². The summed E-state index contributed by atoms with van der Waals surface area (Å²) in [5.74, 6) is 0.208. The van der Waals surface area contributed by atoms with E-state index in [9.17, 15) is 20.1 Å². The molecule has 0 radical (unpaired) electrons. The van der Waals surface area contributed by atoms with Crippen molar-refractivity contribution in [3.8, 4) is 0 Å². The van der Waals surface area contributed by atoms with Crippen LogP contribution < -0.4 is 0 Å². The number of hydrogen-bond acceptors (Lipinski definition) is 7. The van der Waals surface area contributed by atoms with E-state index in [1.54, 1.807) is 0 Å². The van der Waals surface area contributed by atoms with Crippen molar-refractivity contribution in [3.05, 3.63) is 0 Å². The second kappa shape index (κ2) is 5.95. The minimum atomic E-state index is -1.34. The second-order valence-electron chi connectivity index (χ2n) is 3.55. The zero-order valence-electron chi connectivity index (χ0n) is 9.07. The molecule has 1 heterocycles. The van der Waals surface area contributed by atoms with E-state index >= 15 is 0 Å². The maximum atomic E-state index is 10.8. The Balaban J connectivity index is 2.60. The molecule has 0 aliphatic carbocycles. The standard InChI is InChI=1S/C9H16O6S/c1-4(10)16-3-5-6(11)7(12)8(13)9(14-2)15-5/h5-9,11-13H,3H2,1-2H3/t5?,6-,7-,8?,9-/m0/s1. The van der Waals surface area contributed by atoms with Gasteiger partial charge in [0.15, 0.2) is 11.4 Å². The minimum Gasteiger partial charge on any atom is -0.388 e. The molecule has 0 aromatic carbocycles. The van der Waals surface area contributed by atoms with Crippen LogP contribution in [0.5, 0.6) is 0 Å². The Morgan fingerprint density at radius 1 is 1.31 bits per heavy atom. The smallest absolute Gasteiger partial charge is 0.186 e. The fourth-order valence-corrected chi connectivity index (χ4v) is 2.12. The Morgan fingerprint density at radius 2 is 1.94 bits per heavy atom. The largest absolute Gasteiger partial charge is 0.388 e. The van der Waals surface area contributed by atoms with Gasteiger partial charge in [-0.15, -0.1) is 0 Å². The molecular formula is C9H16O6S. The van der Waals surface area contributed by atoms with Crippen molar-refractivity contribution in [2.24, 2.45) is 0 Å². The molecule has 94 valence electrons. The number of hydrogen-bond donors (Lipinski definition) is 3. The number of carbonyl (C=O) groups excluding carboxylic acids is 1. The van der Waals surface area contributed by atoms with Crippen molar-refractivity contribution in [2.45, 2.75) is 37.6 Å². The maximum Gasteiger partial charge on any atom is 0.186 e. The molecule has 1 saturated heterocycles. The van der Waals surface area contributed by atoms with Gasteiger partial charge in [-0.05, 0) is 0 Å². The van der Waals surface area contributed by atoms with Gasteiger partial charge in [0.05, 0.1) is 6.10 Å². The summed E-state index contributed by atoms with van der Waals surface area (Å²) in [6.07, 6.45) is -5.59. The monoisotopic (exact) mass is 252 g/mol.